The number of benzene rings is 4. The number of rotatable bonds is 14. The molecule has 4 aromatic rings. The van der Waals surface area contributed by atoms with Crippen LogP contribution in [0.4, 0.5) is 14.5 Å². The van der Waals surface area contributed by atoms with Crippen LogP contribution in [0.2, 0.25) is 0 Å². The van der Waals surface area contributed by atoms with Gasteiger partial charge in [-0.15, -0.1) is 0 Å². The van der Waals surface area contributed by atoms with E-state index in [0.29, 0.717) is 12.1 Å². The Hall–Kier alpha value is -4.77. The van der Waals surface area contributed by atoms with Crippen molar-refractivity contribution in [3.05, 3.63) is 126 Å². The van der Waals surface area contributed by atoms with Gasteiger partial charge in [0.15, 0.2) is 6.61 Å². The molecule has 0 fully saturated rings. The summed E-state index contributed by atoms with van der Waals surface area (Å²) < 4.78 is 60.5. The summed E-state index contributed by atoms with van der Waals surface area (Å²) in [7, 11) is -3.96. The van der Waals surface area contributed by atoms with Crippen LogP contribution in [0.5, 0.6) is 5.75 Å². The summed E-state index contributed by atoms with van der Waals surface area (Å²) in [5.41, 5.74) is 1.68. The molecular weight excluding hydrogens is 600 g/mol. The quantitative estimate of drug-likeness (QED) is 0.189. The number of nitrogens with one attached hydrogen (secondary N) is 2. The Kier molecular flexibility index (Phi) is 11.3. The van der Waals surface area contributed by atoms with Gasteiger partial charge in [-0.1, -0.05) is 56.3 Å². The van der Waals surface area contributed by atoms with Crippen molar-refractivity contribution in [1.82, 2.24) is 10.2 Å². The molecule has 0 aliphatic heterocycles. The SMILES string of the molecule is CC(C)CNC(=O)[C@@H](Cc1ccccc1)N(Cc1ccc(F)cc1)C(=O)COc1ccc(S(=O)(=O)Nc2ccc(F)cc2)cc1. The molecule has 0 saturated heterocycles. The maximum Gasteiger partial charge on any atom is 0.261 e. The highest BCUT2D eigenvalue weighted by Gasteiger charge is 2.31. The van der Waals surface area contributed by atoms with Crippen LogP contribution in [0.25, 0.3) is 0 Å². The zero-order valence-corrected chi connectivity index (χ0v) is 25.8. The van der Waals surface area contributed by atoms with Gasteiger partial charge in [-0.2, -0.15) is 0 Å². The van der Waals surface area contributed by atoms with Crippen molar-refractivity contribution < 1.29 is 31.5 Å². The Morgan fingerprint density at radius 1 is 0.800 bits per heavy atom. The number of ether oxygens (including phenoxy) is 1. The molecule has 0 spiro atoms. The average Bonchev–Trinajstić information content (AvgIpc) is 3.03. The molecule has 0 heterocycles. The van der Waals surface area contributed by atoms with E-state index in [-0.39, 0.29) is 41.1 Å². The fourth-order valence-electron chi connectivity index (χ4n) is 4.44. The number of anilines is 1. The lowest BCUT2D eigenvalue weighted by Crippen LogP contribution is -2.52. The molecule has 0 bridgehead atoms. The summed E-state index contributed by atoms with van der Waals surface area (Å²) in [6, 6.07) is 24.5. The van der Waals surface area contributed by atoms with Crippen LogP contribution in [-0.4, -0.2) is 44.3 Å². The van der Waals surface area contributed by atoms with E-state index in [1.807, 2.05) is 44.2 Å². The van der Waals surface area contributed by atoms with Gasteiger partial charge >= 0.3 is 0 Å². The molecule has 4 rings (SSSR count). The molecule has 0 aromatic heterocycles. The Labute approximate surface area is 262 Å². The van der Waals surface area contributed by atoms with Crippen molar-refractivity contribution in [2.75, 3.05) is 17.9 Å². The number of sulfonamides is 1. The van der Waals surface area contributed by atoms with Crippen LogP contribution < -0.4 is 14.8 Å². The number of hydrogen-bond donors (Lipinski definition) is 2. The molecule has 0 aliphatic rings. The van der Waals surface area contributed by atoms with Crippen molar-refractivity contribution in [2.45, 2.75) is 37.8 Å². The second kappa shape index (κ2) is 15.3. The van der Waals surface area contributed by atoms with Gasteiger partial charge in [0.1, 0.15) is 23.4 Å². The molecule has 2 amide bonds. The van der Waals surface area contributed by atoms with Gasteiger partial charge in [0.2, 0.25) is 5.91 Å². The normalized spacial score (nSPS) is 11.9. The summed E-state index contributed by atoms with van der Waals surface area (Å²) in [5.74, 6) is -1.31. The third-order valence-corrected chi connectivity index (χ3v) is 8.21. The van der Waals surface area contributed by atoms with E-state index in [1.165, 1.54) is 53.4 Å². The van der Waals surface area contributed by atoms with E-state index in [0.717, 1.165) is 17.7 Å². The van der Waals surface area contributed by atoms with E-state index in [2.05, 4.69) is 10.0 Å². The number of nitrogens with zero attached hydrogens (tertiary/aromatic N) is 1. The Morgan fingerprint density at radius 2 is 1.40 bits per heavy atom. The smallest absolute Gasteiger partial charge is 0.261 e. The molecule has 1 atom stereocenters. The summed E-state index contributed by atoms with van der Waals surface area (Å²) in [6.07, 6.45) is 0.241. The lowest BCUT2D eigenvalue weighted by atomic mass is 10.0. The molecule has 236 valence electrons. The van der Waals surface area contributed by atoms with Crippen LogP contribution in [0.15, 0.2) is 108 Å². The molecule has 45 heavy (non-hydrogen) atoms. The van der Waals surface area contributed by atoms with Gasteiger partial charge in [0.25, 0.3) is 15.9 Å². The minimum atomic E-state index is -3.96. The fourth-order valence-corrected chi connectivity index (χ4v) is 5.50. The predicted molar refractivity (Wildman–Crippen MR) is 168 cm³/mol. The van der Waals surface area contributed by atoms with Gasteiger partial charge < -0.3 is 15.0 Å². The average molecular weight is 636 g/mol. The standard InChI is InChI=1S/C34H35F2N3O5S/c1-24(2)21-37-34(41)32(20-25-6-4-3-5-7-25)39(22-26-8-10-27(35)11-9-26)33(40)23-44-30-16-18-31(19-17-30)45(42,43)38-29-14-12-28(36)13-15-29/h3-19,24,32,38H,20-23H2,1-2H3,(H,37,41)/t32-/m1/s1. The lowest BCUT2D eigenvalue weighted by molar-refractivity contribution is -0.142. The topological polar surface area (TPSA) is 105 Å². The highest BCUT2D eigenvalue weighted by Crippen LogP contribution is 2.21. The van der Waals surface area contributed by atoms with E-state index >= 15 is 0 Å². The van der Waals surface area contributed by atoms with Crippen molar-refractivity contribution >= 4 is 27.5 Å². The van der Waals surface area contributed by atoms with Gasteiger partial charge in [-0.3, -0.25) is 14.3 Å². The Balaban J connectivity index is 1.53. The maximum absolute atomic E-state index is 13.7. The third-order valence-electron chi connectivity index (χ3n) is 6.81. The maximum atomic E-state index is 13.7. The summed E-state index contributed by atoms with van der Waals surface area (Å²) in [6.45, 7) is 3.95. The minimum absolute atomic E-state index is 0.0291. The Morgan fingerprint density at radius 3 is 2.00 bits per heavy atom. The second-order valence-electron chi connectivity index (χ2n) is 10.9. The van der Waals surface area contributed by atoms with Crippen LogP contribution >= 0.6 is 0 Å². The largest absolute Gasteiger partial charge is 0.484 e. The molecule has 0 aliphatic carbocycles. The molecule has 0 unspecified atom stereocenters. The first-order valence-corrected chi connectivity index (χ1v) is 15.9. The van der Waals surface area contributed by atoms with Crippen LogP contribution in [0.3, 0.4) is 0 Å². The predicted octanol–water partition coefficient (Wildman–Crippen LogP) is 5.56. The second-order valence-corrected chi connectivity index (χ2v) is 12.5. The first-order valence-electron chi connectivity index (χ1n) is 14.4. The van der Waals surface area contributed by atoms with E-state index in [1.54, 1.807) is 12.1 Å². The first-order chi connectivity index (χ1) is 21.5. The summed E-state index contributed by atoms with van der Waals surface area (Å²) in [4.78, 5) is 28.6. The summed E-state index contributed by atoms with van der Waals surface area (Å²) in [5, 5.41) is 2.93. The monoisotopic (exact) mass is 635 g/mol. The number of amides is 2. The zero-order valence-electron chi connectivity index (χ0n) is 25.0. The van der Waals surface area contributed by atoms with Gasteiger partial charge in [0, 0.05) is 25.2 Å². The van der Waals surface area contributed by atoms with Crippen LogP contribution in [0.1, 0.15) is 25.0 Å². The lowest BCUT2D eigenvalue weighted by Gasteiger charge is -2.31. The number of carbonyl (C=O) groups excluding carboxylic acids is 2. The first kappa shape index (κ1) is 33.1. The molecule has 11 heteroatoms. The fraction of sp³-hybridized carbons (Fsp3) is 0.235. The van der Waals surface area contributed by atoms with Crippen LogP contribution in [-0.2, 0) is 32.6 Å². The van der Waals surface area contributed by atoms with Gasteiger partial charge in [-0.25, -0.2) is 17.2 Å². The van der Waals surface area contributed by atoms with Crippen molar-refractivity contribution in [3.8, 4) is 5.75 Å². The molecular formula is C34H35F2N3O5S. The van der Waals surface area contributed by atoms with E-state index in [4.69, 9.17) is 4.74 Å². The van der Waals surface area contributed by atoms with Gasteiger partial charge in [0.05, 0.1) is 4.90 Å². The Bertz CT molecular complexity index is 1670. The highest BCUT2D eigenvalue weighted by molar-refractivity contribution is 7.92. The number of halogens is 2. The van der Waals surface area contributed by atoms with Crippen molar-refractivity contribution in [1.29, 1.82) is 0 Å². The van der Waals surface area contributed by atoms with E-state index in [9.17, 15) is 26.8 Å². The van der Waals surface area contributed by atoms with Gasteiger partial charge in [-0.05, 0) is 77.7 Å². The zero-order chi connectivity index (χ0) is 32.4. The minimum Gasteiger partial charge on any atom is -0.484 e. The number of hydrogen-bond acceptors (Lipinski definition) is 5. The highest BCUT2D eigenvalue weighted by atomic mass is 32.2. The van der Waals surface area contributed by atoms with Crippen LogP contribution in [0, 0.1) is 17.6 Å². The number of carbonyl (C=O) groups is 2. The molecule has 4 aromatic carbocycles. The van der Waals surface area contributed by atoms with Crippen molar-refractivity contribution in [3.63, 3.8) is 0 Å². The summed E-state index contributed by atoms with van der Waals surface area (Å²) >= 11 is 0. The van der Waals surface area contributed by atoms with E-state index < -0.39 is 40.2 Å². The molecule has 2 N–H and O–H groups in total. The molecule has 0 radical (unpaired) electrons. The van der Waals surface area contributed by atoms with Crippen molar-refractivity contribution in [2.24, 2.45) is 5.92 Å². The third kappa shape index (κ3) is 9.87. The molecule has 8 nitrogen and oxygen atoms in total. The molecule has 0 saturated carbocycles.